The van der Waals surface area contributed by atoms with Gasteiger partial charge in [0.05, 0.1) is 0 Å². The second-order valence-corrected chi connectivity index (χ2v) is 6.90. The first kappa shape index (κ1) is 16.4. The van der Waals surface area contributed by atoms with E-state index in [0.717, 1.165) is 13.1 Å². The monoisotopic (exact) mass is 270 g/mol. The predicted octanol–water partition coefficient (Wildman–Crippen LogP) is 2.19. The molecule has 1 aliphatic rings. The molecule has 0 saturated carbocycles. The minimum Gasteiger partial charge on any atom is -0.480 e. The van der Waals surface area contributed by atoms with Gasteiger partial charge in [-0.25, -0.2) is 0 Å². The number of aliphatic carboxylic acids is 1. The van der Waals surface area contributed by atoms with E-state index in [1.165, 1.54) is 0 Å². The number of nitrogens with one attached hydrogen (secondary N) is 1. The molecule has 1 aliphatic heterocycles. The summed E-state index contributed by atoms with van der Waals surface area (Å²) in [7, 11) is 0. The van der Waals surface area contributed by atoms with Crippen LogP contribution in [0.4, 0.5) is 0 Å². The smallest absolute Gasteiger partial charge is 0.323 e. The van der Waals surface area contributed by atoms with Crippen molar-refractivity contribution in [3.8, 4) is 0 Å². The van der Waals surface area contributed by atoms with E-state index in [1.807, 2.05) is 13.8 Å². The van der Waals surface area contributed by atoms with Gasteiger partial charge in [0.25, 0.3) is 0 Å². The first-order valence-electron chi connectivity index (χ1n) is 7.41. The van der Waals surface area contributed by atoms with Crippen LogP contribution in [0.5, 0.6) is 0 Å². The number of hydrogen-bond acceptors (Lipinski definition) is 3. The highest BCUT2D eigenvalue weighted by atomic mass is 16.4. The Bertz CT molecular complexity index is 309. The van der Waals surface area contributed by atoms with E-state index in [1.54, 1.807) is 6.92 Å². The van der Waals surface area contributed by atoms with Gasteiger partial charge >= 0.3 is 5.97 Å². The Morgan fingerprint density at radius 3 is 2.16 bits per heavy atom. The van der Waals surface area contributed by atoms with E-state index < -0.39 is 11.5 Å². The molecule has 0 amide bonds. The lowest BCUT2D eigenvalue weighted by molar-refractivity contribution is -0.145. The highest BCUT2D eigenvalue weighted by Gasteiger charge is 2.38. The fourth-order valence-corrected chi connectivity index (χ4v) is 3.10. The molecule has 1 fully saturated rings. The molecule has 0 aliphatic carbocycles. The maximum Gasteiger partial charge on any atom is 0.323 e. The molecular weight excluding hydrogens is 240 g/mol. The van der Waals surface area contributed by atoms with Crippen LogP contribution in [-0.4, -0.2) is 46.7 Å². The number of nitrogens with zero attached hydrogens (tertiary/aromatic N) is 1. The Kier molecular flexibility index (Phi) is 5.39. The molecule has 0 aromatic rings. The van der Waals surface area contributed by atoms with Crippen LogP contribution in [0.1, 0.15) is 48.0 Å². The summed E-state index contributed by atoms with van der Waals surface area (Å²) in [6.07, 6.45) is 0.639. The van der Waals surface area contributed by atoms with Crippen LogP contribution in [0.3, 0.4) is 0 Å². The number of rotatable bonds is 6. The third-order valence-electron chi connectivity index (χ3n) is 4.42. The molecule has 4 nitrogen and oxygen atoms in total. The molecule has 112 valence electrons. The standard InChI is InChI=1S/C15H30N2O2/c1-10(2)16-15(6,14(18)19)7-13(5)17-8-11(3)12(4)9-17/h10-13,16H,7-9H2,1-6H3,(H,18,19). The summed E-state index contributed by atoms with van der Waals surface area (Å²) in [6.45, 7) is 14.7. The molecule has 4 atom stereocenters. The summed E-state index contributed by atoms with van der Waals surface area (Å²) < 4.78 is 0. The highest BCUT2D eigenvalue weighted by molar-refractivity contribution is 5.78. The van der Waals surface area contributed by atoms with Gasteiger partial charge in [0.2, 0.25) is 0 Å². The van der Waals surface area contributed by atoms with Crippen molar-refractivity contribution >= 4 is 5.97 Å². The summed E-state index contributed by atoms with van der Waals surface area (Å²) >= 11 is 0. The van der Waals surface area contributed by atoms with E-state index in [4.69, 9.17) is 0 Å². The van der Waals surface area contributed by atoms with Gasteiger partial charge in [-0.1, -0.05) is 13.8 Å². The topological polar surface area (TPSA) is 52.6 Å². The van der Waals surface area contributed by atoms with Crippen molar-refractivity contribution in [3.63, 3.8) is 0 Å². The number of carboxylic acids is 1. The van der Waals surface area contributed by atoms with Gasteiger partial charge in [0, 0.05) is 25.2 Å². The van der Waals surface area contributed by atoms with Gasteiger partial charge < -0.3 is 10.0 Å². The fraction of sp³-hybridized carbons (Fsp3) is 0.933. The molecule has 4 heteroatoms. The van der Waals surface area contributed by atoms with Crippen molar-refractivity contribution in [2.75, 3.05) is 13.1 Å². The molecule has 0 aromatic carbocycles. The number of likely N-dealkylation sites (tertiary alicyclic amines) is 1. The zero-order chi connectivity index (χ0) is 14.8. The molecule has 1 heterocycles. The van der Waals surface area contributed by atoms with E-state index in [9.17, 15) is 9.90 Å². The quantitative estimate of drug-likeness (QED) is 0.777. The lowest BCUT2D eigenvalue weighted by Crippen LogP contribution is -2.55. The van der Waals surface area contributed by atoms with E-state index in [2.05, 4.69) is 31.0 Å². The van der Waals surface area contributed by atoms with Crippen LogP contribution in [0.2, 0.25) is 0 Å². The number of hydrogen-bond donors (Lipinski definition) is 2. The first-order valence-corrected chi connectivity index (χ1v) is 7.41. The fourth-order valence-electron chi connectivity index (χ4n) is 3.10. The summed E-state index contributed by atoms with van der Waals surface area (Å²) in [5.74, 6) is 0.654. The summed E-state index contributed by atoms with van der Waals surface area (Å²) in [6, 6.07) is 0.462. The Balaban J connectivity index is 2.67. The first-order chi connectivity index (χ1) is 8.65. The minimum atomic E-state index is -0.845. The normalized spacial score (nSPS) is 29.4. The van der Waals surface area contributed by atoms with Gasteiger partial charge in [-0.15, -0.1) is 0 Å². The van der Waals surface area contributed by atoms with Crippen molar-refractivity contribution in [1.29, 1.82) is 0 Å². The largest absolute Gasteiger partial charge is 0.480 e. The van der Waals surface area contributed by atoms with Crippen molar-refractivity contribution in [1.82, 2.24) is 10.2 Å². The molecule has 0 radical (unpaired) electrons. The maximum atomic E-state index is 11.6. The van der Waals surface area contributed by atoms with Gasteiger partial charge in [-0.05, 0) is 46.0 Å². The highest BCUT2D eigenvalue weighted by Crippen LogP contribution is 2.27. The third-order valence-corrected chi connectivity index (χ3v) is 4.42. The number of carbonyl (C=O) groups is 1. The van der Waals surface area contributed by atoms with Gasteiger partial charge in [0.1, 0.15) is 5.54 Å². The lowest BCUT2D eigenvalue weighted by atomic mass is 9.92. The average Bonchev–Trinajstić information content (AvgIpc) is 2.57. The lowest BCUT2D eigenvalue weighted by Gasteiger charge is -2.34. The van der Waals surface area contributed by atoms with Crippen LogP contribution < -0.4 is 5.32 Å². The zero-order valence-electron chi connectivity index (χ0n) is 13.2. The van der Waals surface area contributed by atoms with Crippen molar-refractivity contribution in [3.05, 3.63) is 0 Å². The molecule has 2 N–H and O–H groups in total. The SMILES string of the molecule is CC(C)NC(C)(CC(C)N1CC(C)C(C)C1)C(=O)O. The molecule has 19 heavy (non-hydrogen) atoms. The van der Waals surface area contributed by atoms with Gasteiger partial charge in [0.15, 0.2) is 0 Å². The molecule has 0 bridgehead atoms. The number of carboxylic acid groups (broad SMARTS) is 1. The Labute approximate surface area is 117 Å². The van der Waals surface area contributed by atoms with E-state index >= 15 is 0 Å². The van der Waals surface area contributed by atoms with Gasteiger partial charge in [-0.3, -0.25) is 10.1 Å². The van der Waals surface area contributed by atoms with E-state index in [-0.39, 0.29) is 6.04 Å². The second-order valence-electron chi connectivity index (χ2n) is 6.90. The summed E-state index contributed by atoms with van der Waals surface area (Å²) in [5.41, 5.74) is -0.845. The zero-order valence-corrected chi connectivity index (χ0v) is 13.2. The Morgan fingerprint density at radius 2 is 1.79 bits per heavy atom. The van der Waals surface area contributed by atoms with Crippen LogP contribution >= 0.6 is 0 Å². The average molecular weight is 270 g/mol. The molecule has 1 rings (SSSR count). The molecule has 0 spiro atoms. The van der Waals surface area contributed by atoms with Gasteiger partial charge in [-0.2, -0.15) is 0 Å². The van der Waals surface area contributed by atoms with Crippen LogP contribution in [0, 0.1) is 11.8 Å². The molecular formula is C15H30N2O2. The third kappa shape index (κ3) is 4.18. The Hall–Kier alpha value is -0.610. The maximum absolute atomic E-state index is 11.6. The van der Waals surface area contributed by atoms with Crippen molar-refractivity contribution in [2.45, 2.75) is 65.6 Å². The predicted molar refractivity (Wildman–Crippen MR) is 78.3 cm³/mol. The molecule has 4 unspecified atom stereocenters. The minimum absolute atomic E-state index is 0.171. The second kappa shape index (κ2) is 6.23. The summed E-state index contributed by atoms with van der Waals surface area (Å²) in [4.78, 5) is 14.0. The molecule has 1 saturated heterocycles. The van der Waals surface area contributed by atoms with Crippen LogP contribution in [0.25, 0.3) is 0 Å². The Morgan fingerprint density at radius 1 is 1.32 bits per heavy atom. The van der Waals surface area contributed by atoms with Crippen LogP contribution in [-0.2, 0) is 4.79 Å². The van der Waals surface area contributed by atoms with Crippen molar-refractivity contribution < 1.29 is 9.90 Å². The van der Waals surface area contributed by atoms with Crippen LogP contribution in [0.15, 0.2) is 0 Å². The summed E-state index contributed by atoms with van der Waals surface area (Å²) in [5, 5.41) is 12.7. The van der Waals surface area contributed by atoms with E-state index in [0.29, 0.717) is 24.3 Å². The van der Waals surface area contributed by atoms with Crippen molar-refractivity contribution in [2.24, 2.45) is 11.8 Å². The molecule has 0 aromatic heterocycles.